The van der Waals surface area contributed by atoms with Crippen LogP contribution in [0.2, 0.25) is 0 Å². The topological polar surface area (TPSA) is 50.1 Å². The van der Waals surface area contributed by atoms with Gasteiger partial charge < -0.3 is 4.90 Å². The van der Waals surface area contributed by atoms with Crippen LogP contribution in [-0.2, 0) is 7.05 Å². The third-order valence-corrected chi connectivity index (χ3v) is 4.42. The number of likely N-dealkylation sites (N-methyl/N-ethyl adjacent to an activating group) is 1. The maximum absolute atomic E-state index is 4.73. The van der Waals surface area contributed by atoms with Gasteiger partial charge in [0.25, 0.3) is 0 Å². The van der Waals surface area contributed by atoms with E-state index in [1.807, 2.05) is 31.7 Å². The maximum Gasteiger partial charge on any atom is 0.225 e. The SMILES string of the molecule is CCN(CC)[C@H]1CCN(c2nccc(-c3cnn(C)c3)n2)C1. The zero-order valence-electron chi connectivity index (χ0n) is 13.6. The lowest BCUT2D eigenvalue weighted by Crippen LogP contribution is -2.37. The summed E-state index contributed by atoms with van der Waals surface area (Å²) in [5.74, 6) is 0.830. The first-order valence-corrected chi connectivity index (χ1v) is 8.02. The van der Waals surface area contributed by atoms with Crippen LogP contribution in [0.4, 0.5) is 5.95 Å². The molecule has 0 radical (unpaired) electrons. The Kier molecular flexibility index (Phi) is 4.38. The van der Waals surface area contributed by atoms with Crippen LogP contribution in [-0.4, -0.2) is 56.9 Å². The number of anilines is 1. The Morgan fingerprint density at radius 2 is 2.14 bits per heavy atom. The third kappa shape index (κ3) is 2.97. The number of nitrogens with zero attached hydrogens (tertiary/aromatic N) is 6. The Bertz CT molecular complexity index is 619. The molecule has 6 heteroatoms. The molecule has 22 heavy (non-hydrogen) atoms. The Balaban J connectivity index is 1.76. The van der Waals surface area contributed by atoms with Gasteiger partial charge in [0.1, 0.15) is 0 Å². The van der Waals surface area contributed by atoms with Gasteiger partial charge in [0.2, 0.25) is 5.95 Å². The van der Waals surface area contributed by atoms with Crippen molar-refractivity contribution in [3.63, 3.8) is 0 Å². The molecule has 118 valence electrons. The molecule has 1 atom stereocenters. The van der Waals surface area contributed by atoms with Gasteiger partial charge in [0.15, 0.2) is 0 Å². The molecular formula is C16H24N6. The normalized spacial score (nSPS) is 18.4. The van der Waals surface area contributed by atoms with Crippen molar-refractivity contribution < 1.29 is 0 Å². The minimum absolute atomic E-state index is 0.612. The fourth-order valence-corrected chi connectivity index (χ4v) is 3.18. The van der Waals surface area contributed by atoms with Crippen LogP contribution in [0.15, 0.2) is 24.7 Å². The highest BCUT2D eigenvalue weighted by atomic mass is 15.3. The van der Waals surface area contributed by atoms with E-state index in [2.05, 4.69) is 33.7 Å². The molecule has 0 amide bonds. The smallest absolute Gasteiger partial charge is 0.225 e. The molecule has 2 aromatic rings. The monoisotopic (exact) mass is 300 g/mol. The zero-order chi connectivity index (χ0) is 15.5. The van der Waals surface area contributed by atoms with E-state index >= 15 is 0 Å². The van der Waals surface area contributed by atoms with Gasteiger partial charge in [-0.3, -0.25) is 9.58 Å². The minimum Gasteiger partial charge on any atom is -0.339 e. The summed E-state index contributed by atoms with van der Waals surface area (Å²) in [6, 6.07) is 2.55. The molecule has 0 saturated carbocycles. The van der Waals surface area contributed by atoms with Crippen molar-refractivity contribution in [2.45, 2.75) is 26.3 Å². The van der Waals surface area contributed by atoms with Gasteiger partial charge >= 0.3 is 0 Å². The summed E-state index contributed by atoms with van der Waals surface area (Å²) in [5, 5.41) is 4.21. The van der Waals surface area contributed by atoms with Crippen molar-refractivity contribution in [3.8, 4) is 11.3 Å². The van der Waals surface area contributed by atoms with E-state index < -0.39 is 0 Å². The van der Waals surface area contributed by atoms with Gasteiger partial charge in [-0.05, 0) is 25.6 Å². The van der Waals surface area contributed by atoms with Crippen LogP contribution in [0.25, 0.3) is 11.3 Å². The first-order valence-electron chi connectivity index (χ1n) is 8.02. The van der Waals surface area contributed by atoms with Crippen molar-refractivity contribution >= 4 is 5.95 Å². The third-order valence-electron chi connectivity index (χ3n) is 4.42. The van der Waals surface area contributed by atoms with E-state index in [1.165, 1.54) is 6.42 Å². The number of hydrogen-bond acceptors (Lipinski definition) is 5. The minimum atomic E-state index is 0.612. The second-order valence-corrected chi connectivity index (χ2v) is 5.75. The van der Waals surface area contributed by atoms with Crippen LogP contribution in [0.1, 0.15) is 20.3 Å². The van der Waals surface area contributed by atoms with Gasteiger partial charge in [-0.15, -0.1) is 0 Å². The van der Waals surface area contributed by atoms with Gasteiger partial charge in [-0.2, -0.15) is 5.10 Å². The van der Waals surface area contributed by atoms with Crippen LogP contribution in [0.3, 0.4) is 0 Å². The summed E-state index contributed by atoms with van der Waals surface area (Å²) in [5.41, 5.74) is 1.97. The molecule has 0 N–H and O–H groups in total. The number of aryl methyl sites for hydroxylation is 1. The Labute approximate surface area is 131 Å². The Morgan fingerprint density at radius 1 is 1.32 bits per heavy atom. The van der Waals surface area contributed by atoms with Crippen LogP contribution in [0.5, 0.6) is 0 Å². The first-order chi connectivity index (χ1) is 10.7. The van der Waals surface area contributed by atoms with Crippen molar-refractivity contribution in [1.82, 2.24) is 24.6 Å². The lowest BCUT2D eigenvalue weighted by molar-refractivity contribution is 0.232. The average Bonchev–Trinajstić information content (AvgIpc) is 3.18. The molecular weight excluding hydrogens is 276 g/mol. The molecule has 0 unspecified atom stereocenters. The van der Waals surface area contributed by atoms with Crippen LogP contribution < -0.4 is 4.90 Å². The average molecular weight is 300 g/mol. The summed E-state index contributed by atoms with van der Waals surface area (Å²) < 4.78 is 1.80. The quantitative estimate of drug-likeness (QED) is 0.843. The summed E-state index contributed by atoms with van der Waals surface area (Å²) in [6.07, 6.45) is 6.85. The summed E-state index contributed by atoms with van der Waals surface area (Å²) in [7, 11) is 1.92. The molecule has 1 saturated heterocycles. The predicted molar refractivity (Wildman–Crippen MR) is 87.8 cm³/mol. The van der Waals surface area contributed by atoms with E-state index in [4.69, 9.17) is 4.98 Å². The standard InChI is InChI=1S/C16H24N6/c1-4-21(5-2)14-7-9-22(12-14)16-17-8-6-15(19-16)13-10-18-20(3)11-13/h6,8,10-11,14H,4-5,7,9,12H2,1-3H3/t14-/m0/s1. The van der Waals surface area contributed by atoms with Crippen molar-refractivity contribution in [2.24, 2.45) is 7.05 Å². The molecule has 6 nitrogen and oxygen atoms in total. The molecule has 0 aliphatic carbocycles. The summed E-state index contributed by atoms with van der Waals surface area (Å²) in [4.78, 5) is 14.0. The van der Waals surface area contributed by atoms with Crippen molar-refractivity contribution in [3.05, 3.63) is 24.7 Å². The molecule has 2 aromatic heterocycles. The lowest BCUT2D eigenvalue weighted by atomic mass is 10.2. The van der Waals surface area contributed by atoms with E-state index in [-0.39, 0.29) is 0 Å². The number of hydrogen-bond donors (Lipinski definition) is 0. The van der Waals surface area contributed by atoms with Crippen molar-refractivity contribution in [2.75, 3.05) is 31.1 Å². The molecule has 1 aliphatic rings. The fraction of sp³-hybridized carbons (Fsp3) is 0.562. The lowest BCUT2D eigenvalue weighted by Gasteiger charge is -2.26. The molecule has 1 fully saturated rings. The molecule has 3 rings (SSSR count). The van der Waals surface area contributed by atoms with Crippen LogP contribution in [0, 0.1) is 0 Å². The van der Waals surface area contributed by atoms with E-state index in [9.17, 15) is 0 Å². The van der Waals surface area contributed by atoms with E-state index in [0.29, 0.717) is 6.04 Å². The van der Waals surface area contributed by atoms with E-state index in [1.54, 1.807) is 4.68 Å². The first kappa shape index (κ1) is 15.0. The van der Waals surface area contributed by atoms with Gasteiger partial charge in [0.05, 0.1) is 11.9 Å². The van der Waals surface area contributed by atoms with Gasteiger partial charge in [-0.1, -0.05) is 13.8 Å². The second-order valence-electron chi connectivity index (χ2n) is 5.75. The molecule has 0 bridgehead atoms. The van der Waals surface area contributed by atoms with E-state index in [0.717, 1.165) is 43.4 Å². The van der Waals surface area contributed by atoms with Crippen molar-refractivity contribution in [1.29, 1.82) is 0 Å². The van der Waals surface area contributed by atoms with Gasteiger partial charge in [-0.25, -0.2) is 9.97 Å². The Morgan fingerprint density at radius 3 is 2.82 bits per heavy atom. The number of aromatic nitrogens is 4. The predicted octanol–water partition coefficient (Wildman–Crippen LogP) is 1.80. The highest BCUT2D eigenvalue weighted by molar-refractivity contribution is 5.58. The molecule has 0 aromatic carbocycles. The Hall–Kier alpha value is -1.95. The van der Waals surface area contributed by atoms with Gasteiger partial charge in [0, 0.05) is 44.1 Å². The fourth-order valence-electron chi connectivity index (χ4n) is 3.18. The highest BCUT2D eigenvalue weighted by Crippen LogP contribution is 2.22. The largest absolute Gasteiger partial charge is 0.339 e. The molecule has 3 heterocycles. The molecule has 0 spiro atoms. The van der Waals surface area contributed by atoms with Crippen LogP contribution >= 0.6 is 0 Å². The highest BCUT2D eigenvalue weighted by Gasteiger charge is 2.27. The summed E-state index contributed by atoms with van der Waals surface area (Å²) >= 11 is 0. The zero-order valence-corrected chi connectivity index (χ0v) is 13.6. The maximum atomic E-state index is 4.73. The number of rotatable bonds is 5. The summed E-state index contributed by atoms with van der Waals surface area (Å²) in [6.45, 7) is 8.70. The molecule has 1 aliphatic heterocycles. The second kappa shape index (κ2) is 6.44.